The fourth-order valence-corrected chi connectivity index (χ4v) is 2.91. The summed E-state index contributed by atoms with van der Waals surface area (Å²) in [5, 5.41) is 2.51. The molecule has 2 N–H and O–H groups in total. The number of hydrogen-bond donors (Lipinski definition) is 2. The van der Waals surface area contributed by atoms with Crippen molar-refractivity contribution < 1.29 is 22.7 Å². The molecule has 0 spiro atoms. The summed E-state index contributed by atoms with van der Waals surface area (Å²) < 4.78 is 31.5. The van der Waals surface area contributed by atoms with Crippen LogP contribution >= 0.6 is 0 Å². The number of ether oxygens (including phenoxy) is 1. The summed E-state index contributed by atoms with van der Waals surface area (Å²) in [5.74, 6) is -1.26. The Labute approximate surface area is 136 Å². The number of likely N-dealkylation sites (N-methyl/N-ethyl adjacent to an activating group) is 1. The van der Waals surface area contributed by atoms with Gasteiger partial charge in [-0.1, -0.05) is 17.7 Å². The van der Waals surface area contributed by atoms with Crippen LogP contribution in [0.2, 0.25) is 0 Å². The maximum atomic E-state index is 12.2. The Kier molecular flexibility index (Phi) is 6.71. The van der Waals surface area contributed by atoms with Crippen LogP contribution < -0.4 is 10.0 Å². The van der Waals surface area contributed by atoms with E-state index in [0.29, 0.717) is 6.54 Å². The molecule has 0 unspecified atom stereocenters. The first-order valence-corrected chi connectivity index (χ1v) is 8.73. The summed E-state index contributed by atoms with van der Waals surface area (Å²) in [5.41, 5.74) is 0.923. The van der Waals surface area contributed by atoms with Gasteiger partial charge in [-0.05, 0) is 39.8 Å². The zero-order valence-electron chi connectivity index (χ0n) is 13.6. The van der Waals surface area contributed by atoms with Gasteiger partial charge in [0.15, 0.2) is 6.10 Å². The predicted octanol–water partition coefficient (Wildman–Crippen LogP) is 0.730. The normalized spacial score (nSPS) is 13.9. The monoisotopic (exact) mass is 342 g/mol. The highest BCUT2D eigenvalue weighted by molar-refractivity contribution is 7.89. The minimum Gasteiger partial charge on any atom is -0.451 e. The number of rotatable bonds is 7. The highest BCUT2D eigenvalue weighted by atomic mass is 32.2. The maximum Gasteiger partial charge on any atom is 0.324 e. The summed E-state index contributed by atoms with van der Waals surface area (Å²) in [7, 11) is -3.84. The zero-order chi connectivity index (χ0) is 17.6. The molecular formula is C15H22N2O5S. The molecule has 0 aliphatic carbocycles. The summed E-state index contributed by atoms with van der Waals surface area (Å²) in [4.78, 5) is 23.5. The van der Waals surface area contributed by atoms with E-state index < -0.39 is 34.0 Å². The van der Waals surface area contributed by atoms with E-state index in [1.54, 1.807) is 19.1 Å². The van der Waals surface area contributed by atoms with Crippen LogP contribution in [0.5, 0.6) is 0 Å². The van der Waals surface area contributed by atoms with Crippen LogP contribution in [0.3, 0.4) is 0 Å². The molecule has 23 heavy (non-hydrogen) atoms. The van der Waals surface area contributed by atoms with Gasteiger partial charge in [-0.25, -0.2) is 8.42 Å². The first-order chi connectivity index (χ1) is 10.7. The van der Waals surface area contributed by atoms with Gasteiger partial charge >= 0.3 is 5.97 Å². The van der Waals surface area contributed by atoms with Crippen LogP contribution in [-0.4, -0.2) is 39.0 Å². The standard InChI is InChI=1S/C15H22N2O5S/c1-5-16-14(18)12(4)22-15(19)11(3)17-23(20,21)13-8-6-10(2)7-9-13/h6-9,11-12,17H,5H2,1-4H3,(H,16,18)/t11-,12+/m0/s1. The minimum atomic E-state index is -3.84. The van der Waals surface area contributed by atoms with Crippen LogP contribution in [0, 0.1) is 6.92 Å². The first kappa shape index (κ1) is 19.1. The zero-order valence-corrected chi connectivity index (χ0v) is 14.4. The molecule has 0 aromatic heterocycles. The number of benzene rings is 1. The van der Waals surface area contributed by atoms with Gasteiger partial charge in [0.1, 0.15) is 6.04 Å². The van der Waals surface area contributed by atoms with Crippen molar-refractivity contribution in [1.29, 1.82) is 0 Å². The molecule has 1 rings (SSSR count). The molecule has 1 aromatic rings. The third-order valence-electron chi connectivity index (χ3n) is 3.03. The van der Waals surface area contributed by atoms with Crippen LogP contribution in [0.1, 0.15) is 26.3 Å². The number of hydrogen-bond acceptors (Lipinski definition) is 5. The molecule has 0 saturated heterocycles. The lowest BCUT2D eigenvalue weighted by Crippen LogP contribution is -2.43. The lowest BCUT2D eigenvalue weighted by molar-refractivity contribution is -0.156. The van der Waals surface area contributed by atoms with Gasteiger partial charge in [0.25, 0.3) is 5.91 Å². The second-order valence-electron chi connectivity index (χ2n) is 5.13. The Morgan fingerprint density at radius 3 is 2.26 bits per heavy atom. The fraction of sp³-hybridized carbons (Fsp3) is 0.467. The van der Waals surface area contributed by atoms with Gasteiger partial charge in [0, 0.05) is 6.54 Å². The van der Waals surface area contributed by atoms with Crippen molar-refractivity contribution in [2.75, 3.05) is 6.54 Å². The van der Waals surface area contributed by atoms with Crippen molar-refractivity contribution in [2.24, 2.45) is 0 Å². The average molecular weight is 342 g/mol. The Balaban J connectivity index is 2.70. The number of esters is 1. The third-order valence-corrected chi connectivity index (χ3v) is 4.59. The van der Waals surface area contributed by atoms with E-state index in [1.165, 1.54) is 26.0 Å². The van der Waals surface area contributed by atoms with Gasteiger partial charge in [-0.2, -0.15) is 4.72 Å². The number of nitrogens with one attached hydrogen (secondary N) is 2. The van der Waals surface area contributed by atoms with E-state index in [1.807, 2.05) is 6.92 Å². The molecule has 1 amide bonds. The Morgan fingerprint density at radius 1 is 1.17 bits per heavy atom. The number of sulfonamides is 1. The molecule has 0 fully saturated rings. The smallest absolute Gasteiger partial charge is 0.324 e. The van der Waals surface area contributed by atoms with E-state index in [9.17, 15) is 18.0 Å². The molecule has 0 aliphatic heterocycles. The summed E-state index contributed by atoms with van der Waals surface area (Å²) in [6.45, 7) is 6.77. The van der Waals surface area contributed by atoms with Crippen LogP contribution in [0.15, 0.2) is 29.2 Å². The lowest BCUT2D eigenvalue weighted by atomic mass is 10.2. The summed E-state index contributed by atoms with van der Waals surface area (Å²) in [6.07, 6.45) is -0.992. The Hall–Kier alpha value is -1.93. The van der Waals surface area contributed by atoms with E-state index in [4.69, 9.17) is 4.74 Å². The second-order valence-corrected chi connectivity index (χ2v) is 6.84. The molecule has 2 atom stereocenters. The molecule has 0 saturated carbocycles. The molecule has 128 valence electrons. The molecule has 0 heterocycles. The highest BCUT2D eigenvalue weighted by Crippen LogP contribution is 2.11. The third kappa shape index (κ3) is 5.65. The summed E-state index contributed by atoms with van der Waals surface area (Å²) in [6, 6.07) is 5.11. The SMILES string of the molecule is CCNC(=O)[C@@H](C)OC(=O)[C@H](C)NS(=O)(=O)c1ccc(C)cc1. The van der Waals surface area contributed by atoms with Crippen molar-refractivity contribution in [3.8, 4) is 0 Å². The molecule has 0 radical (unpaired) electrons. The quantitative estimate of drug-likeness (QED) is 0.711. The summed E-state index contributed by atoms with van der Waals surface area (Å²) >= 11 is 0. The number of aryl methyl sites for hydroxylation is 1. The van der Waals surface area contributed by atoms with Crippen LogP contribution in [-0.2, 0) is 24.3 Å². The van der Waals surface area contributed by atoms with Gasteiger partial charge < -0.3 is 10.1 Å². The fourth-order valence-electron chi connectivity index (χ4n) is 1.71. The Bertz CT molecular complexity index is 655. The highest BCUT2D eigenvalue weighted by Gasteiger charge is 2.26. The van der Waals surface area contributed by atoms with Crippen molar-refractivity contribution in [1.82, 2.24) is 10.0 Å². The largest absolute Gasteiger partial charge is 0.451 e. The van der Waals surface area contributed by atoms with E-state index >= 15 is 0 Å². The van der Waals surface area contributed by atoms with Gasteiger partial charge in [-0.3, -0.25) is 9.59 Å². The first-order valence-electron chi connectivity index (χ1n) is 7.24. The minimum absolute atomic E-state index is 0.0551. The predicted molar refractivity (Wildman–Crippen MR) is 85.2 cm³/mol. The number of carbonyl (C=O) groups excluding carboxylic acids is 2. The van der Waals surface area contributed by atoms with Gasteiger partial charge in [0.05, 0.1) is 4.90 Å². The molecular weight excluding hydrogens is 320 g/mol. The van der Waals surface area contributed by atoms with Gasteiger partial charge in [-0.15, -0.1) is 0 Å². The van der Waals surface area contributed by atoms with Crippen LogP contribution in [0.4, 0.5) is 0 Å². The molecule has 1 aromatic carbocycles. The van der Waals surface area contributed by atoms with Crippen molar-refractivity contribution >= 4 is 21.9 Å². The van der Waals surface area contributed by atoms with Crippen molar-refractivity contribution in [3.63, 3.8) is 0 Å². The number of amides is 1. The Morgan fingerprint density at radius 2 is 1.74 bits per heavy atom. The van der Waals surface area contributed by atoms with Crippen molar-refractivity contribution in [3.05, 3.63) is 29.8 Å². The van der Waals surface area contributed by atoms with Crippen molar-refractivity contribution in [2.45, 2.75) is 44.7 Å². The van der Waals surface area contributed by atoms with Gasteiger partial charge in [0.2, 0.25) is 10.0 Å². The molecule has 0 bridgehead atoms. The van der Waals surface area contributed by atoms with E-state index in [0.717, 1.165) is 5.56 Å². The average Bonchev–Trinajstić information content (AvgIpc) is 2.47. The molecule has 8 heteroatoms. The maximum absolute atomic E-state index is 12.2. The lowest BCUT2D eigenvalue weighted by Gasteiger charge is -2.17. The number of carbonyl (C=O) groups is 2. The topological polar surface area (TPSA) is 102 Å². The second kappa shape index (κ2) is 8.07. The van der Waals surface area contributed by atoms with Crippen LogP contribution in [0.25, 0.3) is 0 Å². The van der Waals surface area contributed by atoms with E-state index in [2.05, 4.69) is 10.0 Å². The molecule has 0 aliphatic rings. The molecule has 7 nitrogen and oxygen atoms in total. The van der Waals surface area contributed by atoms with E-state index in [-0.39, 0.29) is 4.90 Å².